The van der Waals surface area contributed by atoms with Crippen LogP contribution in [-0.2, 0) is 20.7 Å². The molecule has 0 aliphatic carbocycles. The molecular formula is C13H16ClNO3. The van der Waals surface area contributed by atoms with Gasteiger partial charge in [-0.2, -0.15) is 0 Å². The van der Waals surface area contributed by atoms with Crippen LogP contribution in [0.2, 0.25) is 0 Å². The first-order valence-corrected chi connectivity index (χ1v) is 6.00. The van der Waals surface area contributed by atoms with E-state index in [1.54, 1.807) is 0 Å². The second-order valence-electron chi connectivity index (χ2n) is 3.96. The molecule has 1 amide bonds. The van der Waals surface area contributed by atoms with Crippen molar-refractivity contribution < 1.29 is 14.3 Å². The van der Waals surface area contributed by atoms with Gasteiger partial charge in [0.1, 0.15) is 5.38 Å². The molecule has 0 fully saturated rings. The molecule has 0 saturated heterocycles. The van der Waals surface area contributed by atoms with Crippen LogP contribution in [0.3, 0.4) is 0 Å². The van der Waals surface area contributed by atoms with E-state index in [0.29, 0.717) is 0 Å². The molecule has 0 aromatic heterocycles. The van der Waals surface area contributed by atoms with Crippen molar-refractivity contribution in [2.45, 2.75) is 18.7 Å². The Bertz CT molecular complexity index is 434. The van der Waals surface area contributed by atoms with Gasteiger partial charge in [-0.3, -0.25) is 9.59 Å². The Labute approximate surface area is 111 Å². The van der Waals surface area contributed by atoms with Crippen molar-refractivity contribution in [3.63, 3.8) is 0 Å². The first-order chi connectivity index (χ1) is 8.52. The van der Waals surface area contributed by atoms with E-state index < -0.39 is 11.3 Å². The number of aryl methyl sites for hydroxylation is 1. The zero-order valence-corrected chi connectivity index (χ0v) is 11.2. The minimum atomic E-state index is -0.851. The number of alkyl halides is 1. The Kier molecular flexibility index (Phi) is 5.65. The van der Waals surface area contributed by atoms with Crippen LogP contribution in [-0.4, -0.2) is 30.9 Å². The lowest BCUT2D eigenvalue weighted by Gasteiger charge is -2.09. The molecule has 5 heteroatoms. The topological polar surface area (TPSA) is 55.4 Å². The van der Waals surface area contributed by atoms with Crippen LogP contribution in [0, 0.1) is 6.92 Å². The molecule has 1 aromatic carbocycles. The summed E-state index contributed by atoms with van der Waals surface area (Å²) in [5.74, 6) is -0.720. The number of nitrogens with one attached hydrogen (secondary N) is 1. The molecule has 1 unspecified atom stereocenters. The first kappa shape index (κ1) is 14.5. The molecule has 0 aliphatic rings. The number of halogens is 1. The number of rotatable bonds is 5. The normalized spacial score (nSPS) is 11.7. The number of methoxy groups -OCH3 is 1. The second-order valence-corrected chi connectivity index (χ2v) is 4.49. The lowest BCUT2D eigenvalue weighted by atomic mass is 10.1. The number of hydrogen-bond donors (Lipinski definition) is 1. The third-order valence-electron chi connectivity index (χ3n) is 2.38. The van der Waals surface area contributed by atoms with Gasteiger partial charge in [0.15, 0.2) is 0 Å². The zero-order valence-electron chi connectivity index (χ0n) is 10.4. The van der Waals surface area contributed by atoms with Crippen LogP contribution in [0.25, 0.3) is 0 Å². The summed E-state index contributed by atoms with van der Waals surface area (Å²) in [7, 11) is 1.26. The van der Waals surface area contributed by atoms with Crippen molar-refractivity contribution in [2.75, 3.05) is 13.7 Å². The molecule has 0 radical (unpaired) electrons. The smallest absolute Gasteiger partial charge is 0.325 e. The number of carbonyl (C=O) groups is 2. The Morgan fingerprint density at radius 2 is 2.17 bits per heavy atom. The van der Waals surface area contributed by atoms with Gasteiger partial charge < -0.3 is 10.1 Å². The standard InChI is InChI=1S/C13H16ClNO3/c1-9-4-3-5-10(6-9)7-12(16)15-8-11(14)13(17)18-2/h3-6,11H,7-8H2,1-2H3,(H,15,16). The number of benzene rings is 1. The molecular weight excluding hydrogens is 254 g/mol. The van der Waals surface area contributed by atoms with E-state index in [-0.39, 0.29) is 18.9 Å². The predicted molar refractivity (Wildman–Crippen MR) is 69.5 cm³/mol. The lowest BCUT2D eigenvalue weighted by molar-refractivity contribution is -0.140. The molecule has 0 bridgehead atoms. The molecule has 0 spiro atoms. The maximum Gasteiger partial charge on any atom is 0.325 e. The molecule has 0 saturated carbocycles. The average molecular weight is 270 g/mol. The highest BCUT2D eigenvalue weighted by Gasteiger charge is 2.16. The molecule has 4 nitrogen and oxygen atoms in total. The van der Waals surface area contributed by atoms with Gasteiger partial charge in [0.25, 0.3) is 0 Å². The van der Waals surface area contributed by atoms with E-state index >= 15 is 0 Å². The number of amides is 1. The van der Waals surface area contributed by atoms with E-state index in [1.807, 2.05) is 31.2 Å². The molecule has 98 valence electrons. The van der Waals surface area contributed by atoms with Gasteiger partial charge in [-0.05, 0) is 12.5 Å². The van der Waals surface area contributed by atoms with Crippen molar-refractivity contribution in [1.29, 1.82) is 0 Å². The molecule has 1 N–H and O–H groups in total. The van der Waals surface area contributed by atoms with Crippen LogP contribution in [0.4, 0.5) is 0 Å². The van der Waals surface area contributed by atoms with E-state index in [2.05, 4.69) is 10.1 Å². The van der Waals surface area contributed by atoms with Crippen LogP contribution < -0.4 is 5.32 Å². The van der Waals surface area contributed by atoms with E-state index in [9.17, 15) is 9.59 Å². The fraction of sp³-hybridized carbons (Fsp3) is 0.385. The molecule has 1 rings (SSSR count). The highest BCUT2D eigenvalue weighted by Crippen LogP contribution is 2.04. The van der Waals surface area contributed by atoms with Crippen molar-refractivity contribution in [3.8, 4) is 0 Å². The fourth-order valence-electron chi connectivity index (χ4n) is 1.48. The number of hydrogen-bond acceptors (Lipinski definition) is 3. The number of ether oxygens (including phenoxy) is 1. The summed E-state index contributed by atoms with van der Waals surface area (Å²) in [6, 6.07) is 7.69. The van der Waals surface area contributed by atoms with Crippen molar-refractivity contribution in [1.82, 2.24) is 5.32 Å². The van der Waals surface area contributed by atoms with Gasteiger partial charge in [-0.15, -0.1) is 11.6 Å². The van der Waals surface area contributed by atoms with E-state index in [4.69, 9.17) is 11.6 Å². The second kappa shape index (κ2) is 7.01. The molecule has 1 aromatic rings. The summed E-state index contributed by atoms with van der Waals surface area (Å²) in [4.78, 5) is 22.6. The Morgan fingerprint density at radius 1 is 1.44 bits per heavy atom. The minimum Gasteiger partial charge on any atom is -0.468 e. The SMILES string of the molecule is COC(=O)C(Cl)CNC(=O)Cc1cccc(C)c1. The molecule has 18 heavy (non-hydrogen) atoms. The largest absolute Gasteiger partial charge is 0.468 e. The van der Waals surface area contributed by atoms with Crippen LogP contribution >= 0.6 is 11.6 Å². The number of esters is 1. The zero-order chi connectivity index (χ0) is 13.5. The summed E-state index contributed by atoms with van der Waals surface area (Å²) in [5.41, 5.74) is 2.03. The lowest BCUT2D eigenvalue weighted by Crippen LogP contribution is -2.35. The summed E-state index contributed by atoms with van der Waals surface area (Å²) >= 11 is 5.71. The third kappa shape index (κ3) is 4.75. The summed E-state index contributed by atoms with van der Waals surface area (Å²) < 4.78 is 4.46. The average Bonchev–Trinajstić information content (AvgIpc) is 2.35. The summed E-state index contributed by atoms with van der Waals surface area (Å²) in [6.45, 7) is 2.03. The monoisotopic (exact) mass is 269 g/mol. The molecule has 1 atom stereocenters. The van der Waals surface area contributed by atoms with Crippen molar-refractivity contribution in [2.24, 2.45) is 0 Å². The Balaban J connectivity index is 2.41. The predicted octanol–water partition coefficient (Wildman–Crippen LogP) is 1.43. The number of carbonyl (C=O) groups excluding carboxylic acids is 2. The quantitative estimate of drug-likeness (QED) is 0.650. The van der Waals surface area contributed by atoms with Gasteiger partial charge in [0, 0.05) is 6.54 Å². The Morgan fingerprint density at radius 3 is 2.78 bits per heavy atom. The van der Waals surface area contributed by atoms with Gasteiger partial charge in [0.2, 0.25) is 5.91 Å². The van der Waals surface area contributed by atoms with Crippen molar-refractivity contribution in [3.05, 3.63) is 35.4 Å². The van der Waals surface area contributed by atoms with Gasteiger partial charge in [-0.1, -0.05) is 29.8 Å². The highest BCUT2D eigenvalue weighted by molar-refractivity contribution is 6.30. The van der Waals surface area contributed by atoms with Gasteiger partial charge in [-0.25, -0.2) is 0 Å². The molecule has 0 heterocycles. The van der Waals surface area contributed by atoms with Crippen LogP contribution in [0.15, 0.2) is 24.3 Å². The Hall–Kier alpha value is -1.55. The van der Waals surface area contributed by atoms with Crippen molar-refractivity contribution >= 4 is 23.5 Å². The summed E-state index contributed by atoms with van der Waals surface area (Å²) in [6.07, 6.45) is 0.270. The van der Waals surface area contributed by atoms with Gasteiger partial charge in [0.05, 0.1) is 13.5 Å². The maximum atomic E-state index is 11.6. The van der Waals surface area contributed by atoms with E-state index in [0.717, 1.165) is 11.1 Å². The molecule has 0 aliphatic heterocycles. The highest BCUT2D eigenvalue weighted by atomic mass is 35.5. The van der Waals surface area contributed by atoms with E-state index in [1.165, 1.54) is 7.11 Å². The fourth-order valence-corrected chi connectivity index (χ4v) is 1.65. The minimum absolute atomic E-state index is 0.0683. The van der Waals surface area contributed by atoms with Crippen LogP contribution in [0.5, 0.6) is 0 Å². The first-order valence-electron chi connectivity index (χ1n) is 5.57. The van der Waals surface area contributed by atoms with Crippen LogP contribution in [0.1, 0.15) is 11.1 Å². The third-order valence-corrected chi connectivity index (χ3v) is 2.72. The maximum absolute atomic E-state index is 11.6. The summed E-state index contributed by atoms with van der Waals surface area (Å²) in [5, 5.41) is 1.74. The van der Waals surface area contributed by atoms with Gasteiger partial charge >= 0.3 is 5.97 Å².